The number of ether oxygens (including phenoxy) is 1. The third-order valence-electron chi connectivity index (χ3n) is 2.97. The average molecular weight is 273 g/mol. The fourth-order valence-electron chi connectivity index (χ4n) is 2.00. The molecule has 0 aromatic heterocycles. The van der Waals surface area contributed by atoms with E-state index in [2.05, 4.69) is 4.74 Å². The van der Waals surface area contributed by atoms with Crippen molar-refractivity contribution < 1.29 is 19.4 Å². The summed E-state index contributed by atoms with van der Waals surface area (Å²) in [6, 6.07) is 13.3. The number of hydrogen-bond acceptors (Lipinski definition) is 4. The van der Waals surface area contributed by atoms with Crippen LogP contribution in [0.2, 0.25) is 0 Å². The van der Waals surface area contributed by atoms with E-state index in [4.69, 9.17) is 5.11 Å². The maximum Gasteiger partial charge on any atom is 0.325 e. The molecule has 5 heteroatoms. The fourth-order valence-corrected chi connectivity index (χ4v) is 2.00. The maximum absolute atomic E-state index is 11.4. The second-order valence-electron chi connectivity index (χ2n) is 4.36. The molecule has 0 bridgehead atoms. The Hall–Kier alpha value is -2.56. The highest BCUT2D eigenvalue weighted by Gasteiger charge is 2.15. The molecule has 0 fully saturated rings. The molecule has 1 N–H and O–H groups in total. The van der Waals surface area contributed by atoms with Gasteiger partial charge < -0.3 is 14.7 Å². The van der Waals surface area contributed by atoms with Gasteiger partial charge in [0.1, 0.15) is 13.1 Å². The SMILES string of the molecule is COC(=O)CN(CC(=O)O)c1ccc2ccccc2c1. The van der Waals surface area contributed by atoms with E-state index in [0.29, 0.717) is 5.69 Å². The molecule has 2 rings (SSSR count). The summed E-state index contributed by atoms with van der Waals surface area (Å²) in [5, 5.41) is 11.0. The van der Waals surface area contributed by atoms with E-state index in [1.165, 1.54) is 12.0 Å². The minimum atomic E-state index is -0.998. The molecule has 0 spiro atoms. The normalized spacial score (nSPS) is 10.2. The molecule has 0 radical (unpaired) electrons. The second-order valence-corrected chi connectivity index (χ2v) is 4.36. The van der Waals surface area contributed by atoms with Gasteiger partial charge in [0.2, 0.25) is 0 Å². The average Bonchev–Trinajstić information content (AvgIpc) is 2.45. The van der Waals surface area contributed by atoms with Crippen molar-refractivity contribution in [2.75, 3.05) is 25.1 Å². The Morgan fingerprint density at radius 2 is 1.80 bits per heavy atom. The van der Waals surface area contributed by atoms with E-state index >= 15 is 0 Å². The van der Waals surface area contributed by atoms with Crippen molar-refractivity contribution in [3.8, 4) is 0 Å². The topological polar surface area (TPSA) is 66.8 Å². The lowest BCUT2D eigenvalue weighted by Crippen LogP contribution is -2.35. The van der Waals surface area contributed by atoms with Crippen LogP contribution in [0, 0.1) is 0 Å². The van der Waals surface area contributed by atoms with Gasteiger partial charge in [-0.15, -0.1) is 0 Å². The molecule has 2 aromatic rings. The van der Waals surface area contributed by atoms with E-state index in [-0.39, 0.29) is 13.1 Å². The van der Waals surface area contributed by atoms with E-state index in [1.807, 2.05) is 36.4 Å². The van der Waals surface area contributed by atoms with Crippen LogP contribution in [-0.4, -0.2) is 37.2 Å². The van der Waals surface area contributed by atoms with Crippen molar-refractivity contribution in [3.63, 3.8) is 0 Å². The van der Waals surface area contributed by atoms with Crippen LogP contribution in [0.25, 0.3) is 10.8 Å². The van der Waals surface area contributed by atoms with Crippen molar-refractivity contribution in [3.05, 3.63) is 42.5 Å². The lowest BCUT2D eigenvalue weighted by molar-refractivity contribution is -0.139. The molecule has 20 heavy (non-hydrogen) atoms. The number of esters is 1. The number of carbonyl (C=O) groups is 2. The summed E-state index contributed by atoms with van der Waals surface area (Å²) in [5.41, 5.74) is 0.677. The van der Waals surface area contributed by atoms with Crippen LogP contribution in [0.15, 0.2) is 42.5 Å². The number of nitrogens with zero attached hydrogens (tertiary/aromatic N) is 1. The van der Waals surface area contributed by atoms with Gasteiger partial charge in [0.05, 0.1) is 7.11 Å². The van der Waals surface area contributed by atoms with Crippen molar-refractivity contribution in [1.29, 1.82) is 0 Å². The van der Waals surface area contributed by atoms with Gasteiger partial charge >= 0.3 is 11.9 Å². The lowest BCUT2D eigenvalue weighted by atomic mass is 10.1. The van der Waals surface area contributed by atoms with Crippen LogP contribution >= 0.6 is 0 Å². The van der Waals surface area contributed by atoms with Crippen LogP contribution in [-0.2, 0) is 14.3 Å². The van der Waals surface area contributed by atoms with Gasteiger partial charge in [-0.05, 0) is 22.9 Å². The van der Waals surface area contributed by atoms with Gasteiger partial charge in [-0.1, -0.05) is 30.3 Å². The minimum absolute atomic E-state index is 0.0961. The highest BCUT2D eigenvalue weighted by Crippen LogP contribution is 2.22. The molecule has 0 amide bonds. The summed E-state index contributed by atoms with van der Waals surface area (Å²) < 4.78 is 4.60. The molecule has 0 aliphatic heterocycles. The monoisotopic (exact) mass is 273 g/mol. The molecule has 0 unspecified atom stereocenters. The Bertz CT molecular complexity index is 639. The number of carbonyl (C=O) groups excluding carboxylic acids is 1. The Labute approximate surface area is 116 Å². The van der Waals surface area contributed by atoms with E-state index in [1.54, 1.807) is 6.07 Å². The van der Waals surface area contributed by atoms with Crippen LogP contribution in [0.4, 0.5) is 5.69 Å². The minimum Gasteiger partial charge on any atom is -0.480 e. The largest absolute Gasteiger partial charge is 0.480 e. The first-order valence-electron chi connectivity index (χ1n) is 6.12. The number of benzene rings is 2. The highest BCUT2D eigenvalue weighted by molar-refractivity contribution is 5.88. The Balaban J connectivity index is 2.33. The van der Waals surface area contributed by atoms with Crippen molar-refractivity contribution in [1.82, 2.24) is 0 Å². The molecular weight excluding hydrogens is 258 g/mol. The Kier molecular flexibility index (Phi) is 4.20. The van der Waals surface area contributed by atoms with Gasteiger partial charge in [0.25, 0.3) is 0 Å². The summed E-state index contributed by atoms with van der Waals surface area (Å²) >= 11 is 0. The molecule has 0 atom stereocenters. The van der Waals surface area contributed by atoms with E-state index in [0.717, 1.165) is 10.8 Å². The standard InChI is InChI=1S/C15H15NO4/c1-20-15(19)10-16(9-14(17)18)13-7-6-11-4-2-3-5-12(11)8-13/h2-8H,9-10H2,1H3,(H,17,18). The molecule has 0 saturated heterocycles. The number of rotatable bonds is 5. The molecule has 0 saturated carbocycles. The molecule has 5 nitrogen and oxygen atoms in total. The second kappa shape index (κ2) is 6.06. The van der Waals surface area contributed by atoms with Crippen LogP contribution in [0.1, 0.15) is 0 Å². The van der Waals surface area contributed by atoms with Crippen molar-refractivity contribution >= 4 is 28.4 Å². The van der Waals surface area contributed by atoms with Crippen molar-refractivity contribution in [2.45, 2.75) is 0 Å². The third kappa shape index (κ3) is 3.26. The number of methoxy groups -OCH3 is 1. The van der Waals surface area contributed by atoms with Crippen molar-refractivity contribution in [2.24, 2.45) is 0 Å². The zero-order valence-electron chi connectivity index (χ0n) is 11.1. The molecule has 0 aliphatic carbocycles. The van der Waals surface area contributed by atoms with Gasteiger partial charge in [0, 0.05) is 5.69 Å². The first-order valence-corrected chi connectivity index (χ1v) is 6.12. The maximum atomic E-state index is 11.4. The Morgan fingerprint density at radius 1 is 1.10 bits per heavy atom. The van der Waals surface area contributed by atoms with Crippen LogP contribution < -0.4 is 4.90 Å². The molecule has 0 aliphatic rings. The predicted molar refractivity (Wildman–Crippen MR) is 75.8 cm³/mol. The van der Waals surface area contributed by atoms with E-state index in [9.17, 15) is 9.59 Å². The summed E-state index contributed by atoms with van der Waals surface area (Å²) in [6.07, 6.45) is 0. The molecule has 104 valence electrons. The summed E-state index contributed by atoms with van der Waals surface area (Å²) in [4.78, 5) is 23.8. The Morgan fingerprint density at radius 3 is 2.45 bits per heavy atom. The zero-order valence-corrected chi connectivity index (χ0v) is 11.1. The predicted octanol–water partition coefficient (Wildman–Crippen LogP) is 1.90. The van der Waals surface area contributed by atoms with Gasteiger partial charge in [-0.25, -0.2) is 0 Å². The summed E-state index contributed by atoms with van der Waals surface area (Å²) in [7, 11) is 1.28. The fraction of sp³-hybridized carbons (Fsp3) is 0.200. The summed E-state index contributed by atoms with van der Waals surface area (Å²) in [6.45, 7) is -0.353. The number of anilines is 1. The number of hydrogen-bond donors (Lipinski definition) is 1. The molecule has 2 aromatic carbocycles. The van der Waals surface area contributed by atoms with E-state index < -0.39 is 11.9 Å². The van der Waals surface area contributed by atoms with Gasteiger partial charge in [-0.3, -0.25) is 9.59 Å². The van der Waals surface area contributed by atoms with Gasteiger partial charge in [-0.2, -0.15) is 0 Å². The molecule has 0 heterocycles. The van der Waals surface area contributed by atoms with Crippen LogP contribution in [0.3, 0.4) is 0 Å². The smallest absolute Gasteiger partial charge is 0.325 e. The van der Waals surface area contributed by atoms with Crippen LogP contribution in [0.5, 0.6) is 0 Å². The lowest BCUT2D eigenvalue weighted by Gasteiger charge is -2.21. The zero-order chi connectivity index (χ0) is 14.5. The number of carboxylic acids is 1. The summed E-state index contributed by atoms with van der Waals surface area (Å²) in [5.74, 6) is -1.47. The quantitative estimate of drug-likeness (QED) is 0.843. The first-order chi connectivity index (χ1) is 9.60. The molecular formula is C15H15NO4. The van der Waals surface area contributed by atoms with Gasteiger partial charge in [0.15, 0.2) is 0 Å². The number of fused-ring (bicyclic) bond motifs is 1. The number of carboxylic acid groups (broad SMARTS) is 1. The third-order valence-corrected chi connectivity index (χ3v) is 2.97. The highest BCUT2D eigenvalue weighted by atomic mass is 16.5. The number of aliphatic carboxylic acids is 1. The first kappa shape index (κ1) is 13.9.